The van der Waals surface area contributed by atoms with Crippen LogP contribution in [-0.2, 0) is 6.42 Å². The van der Waals surface area contributed by atoms with Crippen LogP contribution in [0.1, 0.15) is 29.2 Å². The fraction of sp³-hybridized carbons (Fsp3) is 0.294. The van der Waals surface area contributed by atoms with Gasteiger partial charge in [0.2, 0.25) is 0 Å². The number of nitrogens with one attached hydrogen (secondary N) is 1. The van der Waals surface area contributed by atoms with Crippen LogP contribution in [0.4, 0.5) is 5.69 Å². The lowest BCUT2D eigenvalue weighted by Crippen LogP contribution is -2.18. The van der Waals surface area contributed by atoms with Crippen LogP contribution in [0.3, 0.4) is 0 Å². The van der Waals surface area contributed by atoms with Crippen LogP contribution >= 0.6 is 0 Å². The number of ether oxygens (including phenoxy) is 1. The molecule has 0 aromatic heterocycles. The Labute approximate surface area is 114 Å². The quantitative estimate of drug-likeness (QED) is 0.870. The Morgan fingerprint density at radius 1 is 1.16 bits per heavy atom. The summed E-state index contributed by atoms with van der Waals surface area (Å²) >= 11 is 0. The first-order valence-corrected chi connectivity index (χ1v) is 6.77. The number of methoxy groups -OCH3 is 1. The topological polar surface area (TPSA) is 21.3 Å². The zero-order chi connectivity index (χ0) is 13.2. The molecule has 2 heteroatoms. The highest BCUT2D eigenvalue weighted by Gasteiger charge is 2.20. The van der Waals surface area contributed by atoms with Crippen LogP contribution in [0.2, 0.25) is 0 Å². The molecule has 0 spiro atoms. The van der Waals surface area contributed by atoms with E-state index in [1.165, 1.54) is 22.4 Å². The van der Waals surface area contributed by atoms with Crippen molar-refractivity contribution in [1.29, 1.82) is 0 Å². The fourth-order valence-corrected chi connectivity index (χ4v) is 2.84. The van der Waals surface area contributed by atoms with Gasteiger partial charge in [0, 0.05) is 5.69 Å². The average molecular weight is 253 g/mol. The monoisotopic (exact) mass is 253 g/mol. The van der Waals surface area contributed by atoms with Gasteiger partial charge in [-0.1, -0.05) is 24.3 Å². The molecule has 1 unspecified atom stereocenters. The molecule has 2 aromatic carbocycles. The number of hydrogen-bond donors (Lipinski definition) is 1. The summed E-state index contributed by atoms with van der Waals surface area (Å²) < 4.78 is 5.27. The van der Waals surface area contributed by atoms with Crippen LogP contribution < -0.4 is 10.1 Å². The van der Waals surface area contributed by atoms with Gasteiger partial charge in [-0.05, 0) is 54.7 Å². The van der Waals surface area contributed by atoms with Crippen LogP contribution in [0.5, 0.6) is 5.75 Å². The van der Waals surface area contributed by atoms with Crippen molar-refractivity contribution in [2.75, 3.05) is 12.4 Å². The zero-order valence-corrected chi connectivity index (χ0v) is 11.4. The molecule has 1 heterocycles. The van der Waals surface area contributed by atoms with Crippen LogP contribution in [0.15, 0.2) is 42.5 Å². The molecule has 1 atom stereocenters. The van der Waals surface area contributed by atoms with Gasteiger partial charge in [0.05, 0.1) is 13.2 Å². The van der Waals surface area contributed by atoms with Crippen molar-refractivity contribution in [3.8, 4) is 5.75 Å². The van der Waals surface area contributed by atoms with Gasteiger partial charge in [0.1, 0.15) is 5.75 Å². The molecule has 1 aliphatic rings. The summed E-state index contributed by atoms with van der Waals surface area (Å²) in [6, 6.07) is 15.3. The maximum absolute atomic E-state index is 5.27. The Morgan fingerprint density at radius 2 is 2.00 bits per heavy atom. The molecule has 19 heavy (non-hydrogen) atoms. The molecule has 1 aliphatic heterocycles. The molecule has 98 valence electrons. The predicted octanol–water partition coefficient (Wildman–Crippen LogP) is 4.10. The molecule has 0 fully saturated rings. The van der Waals surface area contributed by atoms with E-state index in [1.54, 1.807) is 7.11 Å². The lowest BCUT2D eigenvalue weighted by atomic mass is 9.91. The smallest absolute Gasteiger partial charge is 0.119 e. The Kier molecular flexibility index (Phi) is 3.16. The first-order chi connectivity index (χ1) is 9.28. The summed E-state index contributed by atoms with van der Waals surface area (Å²) in [5.74, 6) is 0.928. The number of rotatable bonds is 2. The number of fused-ring (bicyclic) bond motifs is 1. The average Bonchev–Trinajstić information content (AvgIpc) is 2.46. The van der Waals surface area contributed by atoms with Crippen molar-refractivity contribution in [2.45, 2.75) is 25.8 Å². The lowest BCUT2D eigenvalue weighted by molar-refractivity contribution is 0.414. The fourth-order valence-electron chi connectivity index (χ4n) is 2.84. The van der Waals surface area contributed by atoms with Gasteiger partial charge in [-0.25, -0.2) is 0 Å². The standard InChI is InChI=1S/C17H19NO/c1-12-11-14(19-2)8-9-15(12)17-10-7-13-5-3-4-6-16(13)18-17/h3-6,8-9,11,17-18H,7,10H2,1-2H3. The SMILES string of the molecule is COc1ccc(C2CCc3ccccc3N2)c(C)c1. The molecule has 0 bridgehead atoms. The van der Waals surface area contributed by atoms with Crippen LogP contribution in [0.25, 0.3) is 0 Å². The van der Waals surface area contributed by atoms with Crippen molar-refractivity contribution in [2.24, 2.45) is 0 Å². The largest absolute Gasteiger partial charge is 0.497 e. The summed E-state index contributed by atoms with van der Waals surface area (Å²) in [5.41, 5.74) is 5.35. The van der Waals surface area contributed by atoms with Crippen molar-refractivity contribution in [3.63, 3.8) is 0 Å². The molecule has 0 aliphatic carbocycles. The number of anilines is 1. The molecule has 0 saturated heterocycles. The highest BCUT2D eigenvalue weighted by Crippen LogP contribution is 2.34. The van der Waals surface area contributed by atoms with Gasteiger partial charge < -0.3 is 10.1 Å². The second-order valence-corrected chi connectivity index (χ2v) is 5.12. The molecular weight excluding hydrogens is 234 g/mol. The Hall–Kier alpha value is -1.96. The van der Waals surface area contributed by atoms with E-state index in [-0.39, 0.29) is 0 Å². The summed E-state index contributed by atoms with van der Waals surface area (Å²) in [6.07, 6.45) is 2.28. The van der Waals surface area contributed by atoms with E-state index in [4.69, 9.17) is 4.74 Å². The maximum Gasteiger partial charge on any atom is 0.119 e. The van der Waals surface area contributed by atoms with E-state index < -0.39 is 0 Å². The lowest BCUT2D eigenvalue weighted by Gasteiger charge is -2.28. The second kappa shape index (κ2) is 4.96. The van der Waals surface area contributed by atoms with Crippen LogP contribution in [-0.4, -0.2) is 7.11 Å². The van der Waals surface area contributed by atoms with Crippen molar-refractivity contribution < 1.29 is 4.74 Å². The number of hydrogen-bond acceptors (Lipinski definition) is 2. The van der Waals surface area contributed by atoms with E-state index in [0.717, 1.165) is 18.6 Å². The minimum absolute atomic E-state index is 0.404. The van der Waals surface area contributed by atoms with E-state index in [1.807, 2.05) is 6.07 Å². The summed E-state index contributed by atoms with van der Waals surface area (Å²) in [5, 5.41) is 3.65. The third-order valence-electron chi connectivity index (χ3n) is 3.90. The van der Waals surface area contributed by atoms with Gasteiger partial charge in [-0.3, -0.25) is 0 Å². The van der Waals surface area contributed by atoms with Crippen molar-refractivity contribution in [1.82, 2.24) is 0 Å². The summed E-state index contributed by atoms with van der Waals surface area (Å²) in [4.78, 5) is 0. The Balaban J connectivity index is 1.89. The van der Waals surface area contributed by atoms with Gasteiger partial charge >= 0.3 is 0 Å². The first-order valence-electron chi connectivity index (χ1n) is 6.77. The Morgan fingerprint density at radius 3 is 2.79 bits per heavy atom. The number of aryl methyl sites for hydroxylation is 2. The number of benzene rings is 2. The van der Waals surface area contributed by atoms with Crippen molar-refractivity contribution in [3.05, 3.63) is 59.2 Å². The molecule has 1 N–H and O–H groups in total. The maximum atomic E-state index is 5.27. The molecule has 0 radical (unpaired) electrons. The molecule has 2 nitrogen and oxygen atoms in total. The first kappa shape index (κ1) is 12.1. The van der Waals surface area contributed by atoms with E-state index >= 15 is 0 Å². The molecule has 2 aromatic rings. The van der Waals surface area contributed by atoms with E-state index in [9.17, 15) is 0 Å². The highest BCUT2D eigenvalue weighted by molar-refractivity contribution is 5.55. The second-order valence-electron chi connectivity index (χ2n) is 5.12. The minimum Gasteiger partial charge on any atom is -0.497 e. The van der Waals surface area contributed by atoms with E-state index in [2.05, 4.69) is 48.6 Å². The van der Waals surface area contributed by atoms with Crippen LogP contribution in [0, 0.1) is 6.92 Å². The van der Waals surface area contributed by atoms with Gasteiger partial charge in [-0.2, -0.15) is 0 Å². The van der Waals surface area contributed by atoms with Gasteiger partial charge in [0.25, 0.3) is 0 Å². The number of para-hydroxylation sites is 1. The van der Waals surface area contributed by atoms with Crippen molar-refractivity contribution >= 4 is 5.69 Å². The predicted molar refractivity (Wildman–Crippen MR) is 78.9 cm³/mol. The third kappa shape index (κ3) is 2.30. The van der Waals surface area contributed by atoms with Gasteiger partial charge in [0.15, 0.2) is 0 Å². The molecular formula is C17H19NO. The minimum atomic E-state index is 0.404. The third-order valence-corrected chi connectivity index (χ3v) is 3.90. The molecule has 0 amide bonds. The zero-order valence-electron chi connectivity index (χ0n) is 11.4. The summed E-state index contributed by atoms with van der Waals surface area (Å²) in [6.45, 7) is 2.15. The molecule has 0 saturated carbocycles. The molecule has 3 rings (SSSR count). The normalized spacial score (nSPS) is 17.5. The highest BCUT2D eigenvalue weighted by atomic mass is 16.5. The van der Waals surface area contributed by atoms with E-state index in [0.29, 0.717) is 6.04 Å². The Bertz CT molecular complexity index is 592. The van der Waals surface area contributed by atoms with Gasteiger partial charge in [-0.15, -0.1) is 0 Å². The summed E-state index contributed by atoms with van der Waals surface area (Å²) in [7, 11) is 1.71.